The van der Waals surface area contributed by atoms with E-state index in [1.807, 2.05) is 25.7 Å². The molecule has 1 N–H and O–H groups in total. The van der Waals surface area contributed by atoms with Gasteiger partial charge in [0.1, 0.15) is 5.78 Å². The molecule has 1 heterocycles. The predicted octanol–water partition coefficient (Wildman–Crippen LogP) is 3.43. The molecule has 2 aliphatic rings. The number of hydrogen-bond acceptors (Lipinski definition) is 5. The minimum absolute atomic E-state index is 0.194. The van der Waals surface area contributed by atoms with Gasteiger partial charge in [-0.15, -0.1) is 0 Å². The third-order valence-corrected chi connectivity index (χ3v) is 5.71. The van der Waals surface area contributed by atoms with Crippen LogP contribution >= 0.6 is 0 Å². The SMILES string of the molecule is CC(C)C(=O)C1CCCCC1.CCC(C)OCCOCCC(=O)N1CCNCC1. The molecule has 1 aliphatic carbocycles. The summed E-state index contributed by atoms with van der Waals surface area (Å²) in [7, 11) is 0. The first-order valence-electron chi connectivity index (χ1n) is 11.7. The third kappa shape index (κ3) is 11.7. The van der Waals surface area contributed by atoms with Crippen molar-refractivity contribution >= 4 is 11.7 Å². The van der Waals surface area contributed by atoms with Crippen LogP contribution in [-0.2, 0) is 19.1 Å². The lowest BCUT2D eigenvalue weighted by Crippen LogP contribution is -2.46. The Morgan fingerprint density at radius 1 is 1.00 bits per heavy atom. The van der Waals surface area contributed by atoms with Gasteiger partial charge in [0.2, 0.25) is 5.91 Å². The van der Waals surface area contributed by atoms with E-state index in [-0.39, 0.29) is 17.9 Å². The number of rotatable bonds is 10. The van der Waals surface area contributed by atoms with E-state index in [2.05, 4.69) is 12.2 Å². The van der Waals surface area contributed by atoms with Crippen LogP contribution in [0.3, 0.4) is 0 Å². The molecule has 1 aliphatic heterocycles. The Balaban J connectivity index is 0.000000326. The highest BCUT2D eigenvalue weighted by molar-refractivity contribution is 5.82. The maximum Gasteiger partial charge on any atom is 0.224 e. The Morgan fingerprint density at radius 3 is 2.24 bits per heavy atom. The fourth-order valence-electron chi connectivity index (χ4n) is 3.62. The summed E-state index contributed by atoms with van der Waals surface area (Å²) in [4.78, 5) is 25.2. The van der Waals surface area contributed by atoms with Gasteiger partial charge >= 0.3 is 0 Å². The molecule has 2 fully saturated rings. The highest BCUT2D eigenvalue weighted by Gasteiger charge is 2.22. The normalized spacial score (nSPS) is 18.9. The molecule has 1 saturated carbocycles. The molecule has 29 heavy (non-hydrogen) atoms. The number of ether oxygens (including phenoxy) is 2. The topological polar surface area (TPSA) is 67.9 Å². The quantitative estimate of drug-likeness (QED) is 0.557. The maximum atomic E-state index is 11.8. The van der Waals surface area contributed by atoms with Gasteiger partial charge in [-0.1, -0.05) is 40.0 Å². The van der Waals surface area contributed by atoms with E-state index < -0.39 is 0 Å². The lowest BCUT2D eigenvalue weighted by Gasteiger charge is -2.27. The lowest BCUT2D eigenvalue weighted by molar-refractivity contribution is -0.133. The molecule has 2 rings (SSSR count). The van der Waals surface area contributed by atoms with E-state index in [1.165, 1.54) is 19.3 Å². The van der Waals surface area contributed by atoms with E-state index >= 15 is 0 Å². The first-order valence-corrected chi connectivity index (χ1v) is 11.7. The van der Waals surface area contributed by atoms with Gasteiger partial charge in [0.25, 0.3) is 0 Å². The second-order valence-electron chi connectivity index (χ2n) is 8.47. The smallest absolute Gasteiger partial charge is 0.224 e. The number of ketones is 1. The first-order chi connectivity index (χ1) is 14.0. The van der Waals surface area contributed by atoms with Crippen molar-refractivity contribution in [3.8, 4) is 0 Å². The number of nitrogens with zero attached hydrogens (tertiary/aromatic N) is 1. The van der Waals surface area contributed by atoms with Gasteiger partial charge in [0.05, 0.1) is 32.3 Å². The molecule has 0 spiro atoms. The van der Waals surface area contributed by atoms with Crippen LogP contribution in [0.4, 0.5) is 0 Å². The Labute approximate surface area is 178 Å². The molecular weight excluding hydrogens is 368 g/mol. The van der Waals surface area contributed by atoms with Crippen molar-refractivity contribution < 1.29 is 19.1 Å². The molecule has 0 bridgehead atoms. The zero-order valence-corrected chi connectivity index (χ0v) is 19.2. The molecule has 6 nitrogen and oxygen atoms in total. The van der Waals surface area contributed by atoms with Crippen molar-refractivity contribution in [2.45, 2.75) is 78.7 Å². The summed E-state index contributed by atoms with van der Waals surface area (Å²) < 4.78 is 10.9. The summed E-state index contributed by atoms with van der Waals surface area (Å²) in [5.74, 6) is 1.34. The molecule has 0 radical (unpaired) electrons. The Kier molecular flexibility index (Phi) is 14.2. The van der Waals surface area contributed by atoms with Crippen LogP contribution in [0.15, 0.2) is 0 Å². The van der Waals surface area contributed by atoms with E-state index in [0.717, 1.165) is 45.4 Å². The average molecular weight is 413 g/mol. The van der Waals surface area contributed by atoms with Gasteiger partial charge < -0.3 is 19.7 Å². The van der Waals surface area contributed by atoms with Gasteiger partial charge in [0, 0.05) is 38.0 Å². The second kappa shape index (κ2) is 15.8. The van der Waals surface area contributed by atoms with Crippen molar-refractivity contribution in [2.24, 2.45) is 11.8 Å². The van der Waals surface area contributed by atoms with E-state index in [4.69, 9.17) is 9.47 Å². The van der Waals surface area contributed by atoms with Crippen LogP contribution in [0.25, 0.3) is 0 Å². The fourth-order valence-corrected chi connectivity index (χ4v) is 3.62. The predicted molar refractivity (Wildman–Crippen MR) is 117 cm³/mol. The van der Waals surface area contributed by atoms with E-state index in [1.54, 1.807) is 0 Å². The summed E-state index contributed by atoms with van der Waals surface area (Å²) in [6.07, 6.45) is 7.95. The summed E-state index contributed by atoms with van der Waals surface area (Å²) in [6, 6.07) is 0. The highest BCUT2D eigenvalue weighted by Crippen LogP contribution is 2.26. The van der Waals surface area contributed by atoms with Gasteiger partial charge in [-0.2, -0.15) is 0 Å². The second-order valence-corrected chi connectivity index (χ2v) is 8.47. The fraction of sp³-hybridized carbons (Fsp3) is 0.913. The van der Waals surface area contributed by atoms with E-state index in [9.17, 15) is 9.59 Å². The number of carbonyl (C=O) groups is 2. The van der Waals surface area contributed by atoms with E-state index in [0.29, 0.717) is 37.9 Å². The van der Waals surface area contributed by atoms with Crippen molar-refractivity contribution in [1.29, 1.82) is 0 Å². The third-order valence-electron chi connectivity index (χ3n) is 5.71. The van der Waals surface area contributed by atoms with Crippen LogP contribution in [0.1, 0.15) is 72.6 Å². The standard InChI is InChI=1S/C13H26N2O3.C10H18O/c1-3-12(2)18-11-10-17-9-4-13(16)15-7-5-14-6-8-15;1-8(2)10(11)9-6-4-3-5-7-9/h12,14H,3-11H2,1-2H3;8-9H,3-7H2,1-2H3. The maximum absolute atomic E-state index is 11.8. The molecule has 0 aromatic carbocycles. The average Bonchev–Trinajstić information content (AvgIpc) is 2.76. The van der Waals surface area contributed by atoms with Gasteiger partial charge in [-0.3, -0.25) is 9.59 Å². The van der Waals surface area contributed by atoms with Gasteiger partial charge in [-0.05, 0) is 26.2 Å². The van der Waals surface area contributed by atoms with Crippen molar-refractivity contribution in [3.05, 3.63) is 0 Å². The Morgan fingerprint density at radius 2 is 1.66 bits per heavy atom. The molecule has 1 atom stereocenters. The first kappa shape index (κ1) is 26.1. The molecule has 0 aromatic heterocycles. The van der Waals surface area contributed by atoms with Gasteiger partial charge in [-0.25, -0.2) is 0 Å². The largest absolute Gasteiger partial charge is 0.379 e. The van der Waals surface area contributed by atoms with Crippen molar-refractivity contribution in [1.82, 2.24) is 10.2 Å². The summed E-state index contributed by atoms with van der Waals surface area (Å²) >= 11 is 0. The molecular formula is C23H44N2O4. The molecule has 6 heteroatoms. The van der Waals surface area contributed by atoms with Gasteiger partial charge in [0.15, 0.2) is 0 Å². The molecule has 170 valence electrons. The van der Waals surface area contributed by atoms with Crippen LogP contribution in [0, 0.1) is 11.8 Å². The molecule has 0 aromatic rings. The van der Waals surface area contributed by atoms with Crippen LogP contribution in [0.2, 0.25) is 0 Å². The summed E-state index contributed by atoms with van der Waals surface area (Å²) in [6.45, 7) is 13.3. The Bertz CT molecular complexity index is 444. The monoisotopic (exact) mass is 412 g/mol. The lowest BCUT2D eigenvalue weighted by atomic mass is 9.83. The van der Waals surface area contributed by atoms with Crippen molar-refractivity contribution in [2.75, 3.05) is 46.0 Å². The number of amides is 1. The number of carbonyl (C=O) groups excluding carboxylic acids is 2. The summed E-state index contributed by atoms with van der Waals surface area (Å²) in [5, 5.41) is 3.23. The summed E-state index contributed by atoms with van der Waals surface area (Å²) in [5.41, 5.74) is 0. The van der Waals surface area contributed by atoms with Crippen LogP contribution in [0.5, 0.6) is 0 Å². The minimum atomic E-state index is 0.194. The zero-order valence-electron chi connectivity index (χ0n) is 19.2. The molecule has 1 saturated heterocycles. The van der Waals surface area contributed by atoms with Crippen LogP contribution < -0.4 is 5.32 Å². The Hall–Kier alpha value is -0.980. The molecule has 1 unspecified atom stereocenters. The van der Waals surface area contributed by atoms with Crippen molar-refractivity contribution in [3.63, 3.8) is 0 Å². The molecule has 1 amide bonds. The number of Topliss-reactive ketones (excluding diaryl/α,β-unsaturated/α-hetero) is 1. The zero-order chi connectivity index (χ0) is 21.5. The number of piperazine rings is 1. The number of hydrogen-bond donors (Lipinski definition) is 1. The minimum Gasteiger partial charge on any atom is -0.379 e. The van der Waals surface area contributed by atoms with Crippen LogP contribution in [-0.4, -0.2) is 68.7 Å². The highest BCUT2D eigenvalue weighted by atomic mass is 16.5. The number of nitrogens with one attached hydrogen (secondary N) is 1.